The van der Waals surface area contributed by atoms with Crippen LogP contribution in [0.1, 0.15) is 43.1 Å². The van der Waals surface area contributed by atoms with Crippen LogP contribution in [0.2, 0.25) is 0 Å². The van der Waals surface area contributed by atoms with Gasteiger partial charge in [-0.2, -0.15) is 0 Å². The second-order valence-corrected chi connectivity index (χ2v) is 7.22. The third kappa shape index (κ3) is 3.13. The number of nitrogens with zero attached hydrogens (tertiary/aromatic N) is 3. The summed E-state index contributed by atoms with van der Waals surface area (Å²) >= 11 is 0. The monoisotopic (exact) mass is 357 g/mol. The van der Waals surface area contributed by atoms with E-state index in [-0.39, 0.29) is 23.6 Å². The molecule has 4 heterocycles. The lowest BCUT2D eigenvalue weighted by atomic mass is 9.98. The van der Waals surface area contributed by atoms with Crippen molar-refractivity contribution in [3.8, 4) is 11.5 Å². The highest BCUT2D eigenvalue weighted by molar-refractivity contribution is 5.97. The van der Waals surface area contributed by atoms with E-state index in [0.717, 1.165) is 32.4 Å². The van der Waals surface area contributed by atoms with Gasteiger partial charge in [0.2, 0.25) is 11.7 Å². The Bertz CT molecular complexity index is 775. The Kier molecular flexibility index (Phi) is 4.53. The molecule has 2 saturated heterocycles. The van der Waals surface area contributed by atoms with Crippen LogP contribution in [0.25, 0.3) is 11.5 Å². The minimum atomic E-state index is -0.389. The number of hydrogen-bond acceptors (Lipinski definition) is 5. The van der Waals surface area contributed by atoms with Crippen molar-refractivity contribution < 1.29 is 18.5 Å². The number of furan rings is 1. The first kappa shape index (κ1) is 16.9. The molecule has 138 valence electrons. The summed E-state index contributed by atoms with van der Waals surface area (Å²) in [5.41, 5.74) is 0.211. The average molecular weight is 357 g/mol. The van der Waals surface area contributed by atoms with Gasteiger partial charge in [-0.25, -0.2) is 0 Å². The fourth-order valence-electron chi connectivity index (χ4n) is 3.76. The van der Waals surface area contributed by atoms with Gasteiger partial charge < -0.3 is 18.7 Å². The Morgan fingerprint density at radius 3 is 2.69 bits per heavy atom. The maximum Gasteiger partial charge on any atom is 0.276 e. The number of rotatable bonds is 3. The summed E-state index contributed by atoms with van der Waals surface area (Å²) in [4.78, 5) is 29.4. The van der Waals surface area contributed by atoms with Gasteiger partial charge >= 0.3 is 0 Å². The Morgan fingerprint density at radius 2 is 1.96 bits per heavy atom. The predicted octanol–water partition coefficient (Wildman–Crippen LogP) is 2.80. The van der Waals surface area contributed by atoms with Crippen LogP contribution in [-0.4, -0.2) is 52.4 Å². The zero-order chi connectivity index (χ0) is 18.1. The van der Waals surface area contributed by atoms with Gasteiger partial charge in [-0.1, -0.05) is 12.1 Å². The molecule has 7 heteroatoms. The second-order valence-electron chi connectivity index (χ2n) is 7.22. The molecule has 1 atom stereocenters. The molecule has 7 nitrogen and oxygen atoms in total. The Morgan fingerprint density at radius 1 is 1.15 bits per heavy atom. The average Bonchev–Trinajstić information content (AvgIpc) is 3.42. The summed E-state index contributed by atoms with van der Waals surface area (Å²) in [5.74, 6) is 1.40. The summed E-state index contributed by atoms with van der Waals surface area (Å²) in [5, 5.41) is 3.88. The van der Waals surface area contributed by atoms with Crippen molar-refractivity contribution in [2.24, 2.45) is 5.92 Å². The van der Waals surface area contributed by atoms with Gasteiger partial charge in [0.05, 0.1) is 6.26 Å². The first-order chi connectivity index (χ1) is 12.6. The summed E-state index contributed by atoms with van der Waals surface area (Å²) < 4.78 is 10.5. The zero-order valence-corrected chi connectivity index (χ0v) is 14.9. The molecule has 0 bridgehead atoms. The predicted molar refractivity (Wildman–Crippen MR) is 93.2 cm³/mol. The van der Waals surface area contributed by atoms with Crippen LogP contribution in [0, 0.1) is 5.92 Å². The number of aromatic nitrogens is 1. The fourth-order valence-corrected chi connectivity index (χ4v) is 3.76. The first-order valence-corrected chi connectivity index (χ1v) is 9.24. The Balaban J connectivity index is 1.47. The molecule has 2 amide bonds. The molecule has 0 unspecified atom stereocenters. The lowest BCUT2D eigenvalue weighted by Gasteiger charge is -2.34. The third-order valence-corrected chi connectivity index (χ3v) is 5.39. The quantitative estimate of drug-likeness (QED) is 0.844. The normalized spacial score (nSPS) is 21.3. The second kappa shape index (κ2) is 6.97. The van der Waals surface area contributed by atoms with E-state index in [1.54, 1.807) is 23.1 Å². The molecule has 0 radical (unpaired) electrons. The summed E-state index contributed by atoms with van der Waals surface area (Å²) in [6.07, 6.45) is 5.13. The smallest absolute Gasteiger partial charge is 0.276 e. The molecule has 0 aliphatic carbocycles. The number of piperidine rings is 1. The molecule has 2 fully saturated rings. The molecule has 0 aromatic carbocycles. The molecule has 2 aromatic heterocycles. The van der Waals surface area contributed by atoms with Crippen LogP contribution >= 0.6 is 0 Å². The molecular weight excluding hydrogens is 334 g/mol. The van der Waals surface area contributed by atoms with Crippen molar-refractivity contribution in [1.29, 1.82) is 0 Å². The summed E-state index contributed by atoms with van der Waals surface area (Å²) in [6, 6.07) is 4.67. The van der Waals surface area contributed by atoms with Crippen LogP contribution in [0.5, 0.6) is 0 Å². The molecule has 0 spiro atoms. The van der Waals surface area contributed by atoms with Crippen molar-refractivity contribution in [1.82, 2.24) is 15.0 Å². The maximum absolute atomic E-state index is 12.9. The molecule has 2 aromatic rings. The number of hydrogen-bond donors (Lipinski definition) is 0. The molecule has 0 N–H and O–H groups in total. The van der Waals surface area contributed by atoms with Gasteiger partial charge in [0, 0.05) is 25.7 Å². The van der Waals surface area contributed by atoms with Crippen molar-refractivity contribution in [3.63, 3.8) is 0 Å². The van der Waals surface area contributed by atoms with Gasteiger partial charge in [0.25, 0.3) is 5.91 Å². The van der Waals surface area contributed by atoms with Crippen LogP contribution in [0.15, 0.2) is 33.4 Å². The zero-order valence-electron chi connectivity index (χ0n) is 14.9. The lowest BCUT2D eigenvalue weighted by molar-refractivity contribution is -0.136. The van der Waals surface area contributed by atoms with Crippen molar-refractivity contribution in [2.45, 2.75) is 38.6 Å². The minimum Gasteiger partial charge on any atom is -0.461 e. The third-order valence-electron chi connectivity index (χ3n) is 5.39. The first-order valence-electron chi connectivity index (χ1n) is 9.24. The highest BCUT2D eigenvalue weighted by Gasteiger charge is 2.38. The van der Waals surface area contributed by atoms with E-state index in [1.165, 1.54) is 6.26 Å². The van der Waals surface area contributed by atoms with Gasteiger partial charge in [0.1, 0.15) is 6.04 Å². The van der Waals surface area contributed by atoms with Crippen LogP contribution in [0.4, 0.5) is 0 Å². The van der Waals surface area contributed by atoms with Gasteiger partial charge in [-0.3, -0.25) is 9.59 Å². The van der Waals surface area contributed by atoms with E-state index in [4.69, 9.17) is 8.94 Å². The van der Waals surface area contributed by atoms with E-state index >= 15 is 0 Å². The SMILES string of the molecule is CC1CCN(C(=O)[C@@H]2CCCN2C(=O)c2cc(-c3ccco3)on2)CC1. The highest BCUT2D eigenvalue weighted by atomic mass is 16.5. The fraction of sp³-hybridized carbons (Fsp3) is 0.526. The lowest BCUT2D eigenvalue weighted by Crippen LogP contribution is -2.49. The van der Waals surface area contributed by atoms with E-state index in [0.29, 0.717) is 30.4 Å². The van der Waals surface area contributed by atoms with E-state index in [2.05, 4.69) is 12.1 Å². The topological polar surface area (TPSA) is 79.8 Å². The molecule has 2 aliphatic rings. The highest BCUT2D eigenvalue weighted by Crippen LogP contribution is 2.26. The van der Waals surface area contributed by atoms with Crippen molar-refractivity contribution in [2.75, 3.05) is 19.6 Å². The van der Waals surface area contributed by atoms with E-state index in [9.17, 15) is 9.59 Å². The maximum atomic E-state index is 12.9. The Hall–Kier alpha value is -2.57. The molecular formula is C19H23N3O4. The number of likely N-dealkylation sites (tertiary alicyclic amines) is 2. The molecule has 26 heavy (non-hydrogen) atoms. The number of carbonyl (C=O) groups excluding carboxylic acids is 2. The molecule has 0 saturated carbocycles. The summed E-state index contributed by atoms with van der Waals surface area (Å²) in [7, 11) is 0. The molecule has 2 aliphatic heterocycles. The number of carbonyl (C=O) groups is 2. The van der Waals surface area contributed by atoms with Crippen molar-refractivity contribution >= 4 is 11.8 Å². The van der Waals surface area contributed by atoms with Gasteiger partial charge in [0.15, 0.2) is 11.5 Å². The van der Waals surface area contributed by atoms with Crippen molar-refractivity contribution in [3.05, 3.63) is 30.2 Å². The standard InChI is InChI=1S/C19H23N3O4/c1-13-6-9-21(10-7-13)19(24)15-4-2-8-22(15)18(23)14-12-17(26-20-14)16-5-3-11-25-16/h3,5,11-13,15H,2,4,6-10H2,1H3/t15-/m0/s1. The van der Waals surface area contributed by atoms with Crippen LogP contribution in [0.3, 0.4) is 0 Å². The van der Waals surface area contributed by atoms with E-state index < -0.39 is 0 Å². The van der Waals surface area contributed by atoms with Gasteiger partial charge in [-0.05, 0) is 43.7 Å². The Labute approximate surface area is 151 Å². The molecule has 4 rings (SSSR count). The number of amides is 2. The van der Waals surface area contributed by atoms with Crippen LogP contribution in [-0.2, 0) is 4.79 Å². The van der Waals surface area contributed by atoms with Gasteiger partial charge in [-0.15, -0.1) is 0 Å². The van der Waals surface area contributed by atoms with E-state index in [1.807, 2.05) is 4.90 Å². The largest absolute Gasteiger partial charge is 0.461 e. The van der Waals surface area contributed by atoms with Crippen LogP contribution < -0.4 is 0 Å². The summed E-state index contributed by atoms with van der Waals surface area (Å²) in [6.45, 7) is 4.35. The minimum absolute atomic E-state index is 0.0671.